The molecule has 0 unspecified atom stereocenters. The maximum Gasteiger partial charge on any atom is 0.141 e. The van der Waals surface area contributed by atoms with Crippen molar-refractivity contribution in [3.63, 3.8) is 0 Å². The molecule has 0 N–H and O–H groups in total. The molecule has 27 heavy (non-hydrogen) atoms. The Balaban J connectivity index is 1.69. The molecule has 0 amide bonds. The van der Waals surface area contributed by atoms with E-state index in [1.54, 1.807) is 18.5 Å². The summed E-state index contributed by atoms with van der Waals surface area (Å²) in [7, 11) is 0. The molecule has 0 saturated heterocycles. The van der Waals surface area contributed by atoms with Crippen molar-refractivity contribution in [2.24, 2.45) is 0 Å². The molecule has 1 aromatic heterocycles. The molecule has 4 heteroatoms. The third-order valence-electron chi connectivity index (χ3n) is 5.10. The highest BCUT2D eigenvalue weighted by Gasteiger charge is 2.27. The van der Waals surface area contributed by atoms with E-state index in [1.165, 1.54) is 18.9 Å². The lowest BCUT2D eigenvalue weighted by atomic mass is 9.93. The highest BCUT2D eigenvalue weighted by molar-refractivity contribution is 6.31. The molecule has 3 aromatic carbocycles. The average Bonchev–Trinajstić information content (AvgIpc) is 3.54. The number of rotatable bonds is 3. The Hall–Kier alpha value is -2.78. The molecule has 0 bridgehead atoms. The van der Waals surface area contributed by atoms with E-state index in [2.05, 4.69) is 28.2 Å². The van der Waals surface area contributed by atoms with Crippen LogP contribution in [-0.2, 0) is 0 Å². The van der Waals surface area contributed by atoms with Crippen LogP contribution in [0.5, 0.6) is 0 Å². The van der Waals surface area contributed by atoms with Crippen molar-refractivity contribution in [1.29, 1.82) is 0 Å². The molecule has 5 rings (SSSR count). The van der Waals surface area contributed by atoms with Crippen LogP contribution in [0.2, 0.25) is 5.02 Å². The first kappa shape index (κ1) is 16.4. The molecule has 1 aliphatic rings. The maximum absolute atomic E-state index is 13.6. The van der Waals surface area contributed by atoms with Gasteiger partial charge in [-0.15, -0.1) is 0 Å². The third-order valence-corrected chi connectivity index (χ3v) is 5.39. The number of hydrogen-bond donors (Lipinski definition) is 0. The zero-order valence-electron chi connectivity index (χ0n) is 14.5. The number of fused-ring (bicyclic) bond motifs is 1. The first-order chi connectivity index (χ1) is 13.2. The molecular weight excluding hydrogens is 359 g/mol. The largest absolute Gasteiger partial charge is 0.240 e. The van der Waals surface area contributed by atoms with Crippen molar-refractivity contribution in [2.45, 2.75) is 18.8 Å². The SMILES string of the molecule is Fc1ccc(-c2ccccc2-c2ccc3ncnc(C4CC4)c3c2)cc1Cl. The lowest BCUT2D eigenvalue weighted by Gasteiger charge is -2.12. The van der Waals surface area contributed by atoms with Gasteiger partial charge in [0.15, 0.2) is 0 Å². The average molecular weight is 375 g/mol. The van der Waals surface area contributed by atoms with Gasteiger partial charge < -0.3 is 0 Å². The Morgan fingerprint density at radius 2 is 1.56 bits per heavy atom. The van der Waals surface area contributed by atoms with Crippen LogP contribution in [0.1, 0.15) is 24.5 Å². The number of aromatic nitrogens is 2. The summed E-state index contributed by atoms with van der Waals surface area (Å²) < 4.78 is 13.6. The van der Waals surface area contributed by atoms with Crippen molar-refractivity contribution in [2.75, 3.05) is 0 Å². The van der Waals surface area contributed by atoms with Crippen LogP contribution in [0.4, 0.5) is 4.39 Å². The van der Waals surface area contributed by atoms with Gasteiger partial charge in [-0.2, -0.15) is 0 Å². The molecule has 1 heterocycles. The van der Waals surface area contributed by atoms with E-state index in [0.29, 0.717) is 5.92 Å². The summed E-state index contributed by atoms with van der Waals surface area (Å²) in [5.41, 5.74) is 6.19. The molecule has 4 aromatic rings. The highest BCUT2D eigenvalue weighted by Crippen LogP contribution is 2.42. The number of halogens is 2. The molecule has 0 radical (unpaired) electrons. The van der Waals surface area contributed by atoms with Gasteiger partial charge in [-0.25, -0.2) is 14.4 Å². The standard InChI is InChI=1S/C23H16ClFN2/c24-20-12-16(7-9-21(20)25)18-4-2-1-3-17(18)15-8-10-22-19(11-15)23(14-5-6-14)27-13-26-22/h1-4,7-14H,5-6H2. The van der Waals surface area contributed by atoms with Gasteiger partial charge in [0.2, 0.25) is 0 Å². The molecule has 0 aliphatic heterocycles. The normalized spacial score (nSPS) is 13.9. The van der Waals surface area contributed by atoms with Gasteiger partial charge in [-0.05, 0) is 59.4 Å². The van der Waals surface area contributed by atoms with Crippen LogP contribution in [0.25, 0.3) is 33.2 Å². The van der Waals surface area contributed by atoms with Gasteiger partial charge in [0.25, 0.3) is 0 Å². The molecule has 1 fully saturated rings. The van der Waals surface area contributed by atoms with Crippen LogP contribution in [0.15, 0.2) is 67.0 Å². The predicted octanol–water partition coefficient (Wildman–Crippen LogP) is 6.63. The van der Waals surface area contributed by atoms with Gasteiger partial charge in [0.05, 0.1) is 16.2 Å². The Labute approximate surface area is 161 Å². The predicted molar refractivity (Wildman–Crippen MR) is 107 cm³/mol. The third kappa shape index (κ3) is 2.98. The number of hydrogen-bond acceptors (Lipinski definition) is 2. The van der Waals surface area contributed by atoms with E-state index >= 15 is 0 Å². The van der Waals surface area contributed by atoms with Gasteiger partial charge in [0.1, 0.15) is 12.1 Å². The minimum atomic E-state index is -0.408. The van der Waals surface area contributed by atoms with Gasteiger partial charge in [-0.3, -0.25) is 0 Å². The zero-order chi connectivity index (χ0) is 18.4. The summed E-state index contributed by atoms with van der Waals surface area (Å²) in [5.74, 6) is 0.145. The van der Waals surface area contributed by atoms with Crippen molar-refractivity contribution in [3.8, 4) is 22.3 Å². The summed E-state index contributed by atoms with van der Waals surface area (Å²) in [6.07, 6.45) is 4.05. The lowest BCUT2D eigenvalue weighted by molar-refractivity contribution is 0.628. The number of benzene rings is 3. The van der Waals surface area contributed by atoms with E-state index in [4.69, 9.17) is 11.6 Å². The van der Waals surface area contributed by atoms with E-state index in [-0.39, 0.29) is 5.02 Å². The summed E-state index contributed by atoms with van der Waals surface area (Å²) in [4.78, 5) is 8.95. The Morgan fingerprint density at radius 3 is 2.26 bits per heavy atom. The second-order valence-corrected chi connectivity index (χ2v) is 7.35. The highest BCUT2D eigenvalue weighted by atomic mass is 35.5. The minimum Gasteiger partial charge on any atom is -0.240 e. The molecular formula is C23H16ClFN2. The summed E-state index contributed by atoms with van der Waals surface area (Å²) in [5, 5.41) is 1.25. The summed E-state index contributed by atoms with van der Waals surface area (Å²) >= 11 is 6.01. The monoisotopic (exact) mass is 374 g/mol. The van der Waals surface area contributed by atoms with Crippen molar-refractivity contribution >= 4 is 22.5 Å². The fourth-order valence-corrected chi connectivity index (χ4v) is 3.76. The van der Waals surface area contributed by atoms with E-state index in [1.807, 2.05) is 24.3 Å². The first-order valence-corrected chi connectivity index (χ1v) is 9.38. The van der Waals surface area contributed by atoms with E-state index in [9.17, 15) is 4.39 Å². The minimum absolute atomic E-state index is 0.130. The van der Waals surface area contributed by atoms with E-state index in [0.717, 1.165) is 38.9 Å². The first-order valence-electron chi connectivity index (χ1n) is 9.00. The molecule has 0 spiro atoms. The van der Waals surface area contributed by atoms with Crippen LogP contribution in [0, 0.1) is 5.82 Å². The van der Waals surface area contributed by atoms with E-state index < -0.39 is 5.82 Å². The molecule has 1 saturated carbocycles. The molecule has 2 nitrogen and oxygen atoms in total. The maximum atomic E-state index is 13.6. The second kappa shape index (κ2) is 6.43. The zero-order valence-corrected chi connectivity index (χ0v) is 15.2. The fraction of sp³-hybridized carbons (Fsp3) is 0.130. The van der Waals surface area contributed by atoms with Gasteiger partial charge >= 0.3 is 0 Å². The van der Waals surface area contributed by atoms with Crippen LogP contribution in [-0.4, -0.2) is 9.97 Å². The second-order valence-electron chi connectivity index (χ2n) is 6.94. The van der Waals surface area contributed by atoms with Crippen molar-refractivity contribution < 1.29 is 4.39 Å². The molecule has 0 atom stereocenters. The summed E-state index contributed by atoms with van der Waals surface area (Å²) in [6.45, 7) is 0. The Morgan fingerprint density at radius 1 is 0.852 bits per heavy atom. The van der Waals surface area contributed by atoms with Gasteiger partial charge in [-0.1, -0.05) is 48.0 Å². The van der Waals surface area contributed by atoms with Crippen molar-refractivity contribution in [3.05, 3.63) is 83.5 Å². The molecule has 132 valence electrons. The number of nitrogens with zero attached hydrogens (tertiary/aromatic N) is 2. The lowest BCUT2D eigenvalue weighted by Crippen LogP contribution is -1.92. The quantitative estimate of drug-likeness (QED) is 0.402. The van der Waals surface area contributed by atoms with Crippen LogP contribution < -0.4 is 0 Å². The smallest absolute Gasteiger partial charge is 0.141 e. The Kier molecular flexibility index (Phi) is 3.91. The van der Waals surface area contributed by atoms with Crippen LogP contribution in [0.3, 0.4) is 0 Å². The topological polar surface area (TPSA) is 25.8 Å². The van der Waals surface area contributed by atoms with Crippen molar-refractivity contribution in [1.82, 2.24) is 9.97 Å². The van der Waals surface area contributed by atoms with Gasteiger partial charge in [0, 0.05) is 11.3 Å². The molecule has 1 aliphatic carbocycles. The summed E-state index contributed by atoms with van der Waals surface area (Å²) in [6, 6.07) is 19.3. The fourth-order valence-electron chi connectivity index (χ4n) is 3.58. The Bertz CT molecular complexity index is 1170. The van der Waals surface area contributed by atoms with Crippen LogP contribution >= 0.6 is 11.6 Å².